The smallest absolute Gasteiger partial charge is 0.227 e. The molecule has 0 radical (unpaired) electrons. The van der Waals surface area contributed by atoms with E-state index < -0.39 is 12.2 Å². The largest absolute Gasteiger partial charge is 0.494 e. The molecule has 0 amide bonds. The molecule has 1 fully saturated rings. The van der Waals surface area contributed by atoms with Crippen LogP contribution in [0.5, 0.6) is 5.75 Å². The number of para-hydroxylation sites is 1. The van der Waals surface area contributed by atoms with Gasteiger partial charge in [-0.2, -0.15) is 0 Å². The summed E-state index contributed by atoms with van der Waals surface area (Å²) < 4.78 is 19.7. The molecule has 1 aliphatic rings. The molecule has 0 bridgehead atoms. The van der Waals surface area contributed by atoms with Crippen LogP contribution in [0.4, 0.5) is 21.7 Å². The Kier molecular flexibility index (Phi) is 5.78. The van der Waals surface area contributed by atoms with Crippen molar-refractivity contribution in [2.24, 2.45) is 5.73 Å². The van der Waals surface area contributed by atoms with Crippen LogP contribution >= 0.6 is 11.6 Å². The molecule has 2 atom stereocenters. The Hall–Kier alpha value is -3.36. The van der Waals surface area contributed by atoms with E-state index in [-0.39, 0.29) is 6.54 Å². The Bertz CT molecular complexity index is 1300. The van der Waals surface area contributed by atoms with E-state index in [1.165, 1.54) is 0 Å². The van der Waals surface area contributed by atoms with Gasteiger partial charge in [-0.05, 0) is 24.6 Å². The van der Waals surface area contributed by atoms with Crippen molar-refractivity contribution >= 4 is 39.8 Å². The van der Waals surface area contributed by atoms with Crippen molar-refractivity contribution in [1.29, 1.82) is 0 Å². The number of ether oxygens (including phenoxy) is 1. The van der Waals surface area contributed by atoms with Gasteiger partial charge >= 0.3 is 0 Å². The first kappa shape index (κ1) is 21.5. The number of alkyl halides is 1. The highest BCUT2D eigenvalue weighted by atomic mass is 35.5. The van der Waals surface area contributed by atoms with Crippen molar-refractivity contribution in [1.82, 2.24) is 15.0 Å². The molecule has 0 spiro atoms. The highest BCUT2D eigenvalue weighted by Gasteiger charge is 2.27. The van der Waals surface area contributed by atoms with Crippen molar-refractivity contribution in [3.05, 3.63) is 59.9 Å². The van der Waals surface area contributed by atoms with Gasteiger partial charge in [0.15, 0.2) is 0 Å². The van der Waals surface area contributed by atoms with Crippen LogP contribution in [0.3, 0.4) is 0 Å². The molecule has 0 unspecified atom stereocenters. The lowest BCUT2D eigenvalue weighted by atomic mass is 10.0. The van der Waals surface area contributed by atoms with Crippen LogP contribution in [0, 0.1) is 0 Å². The predicted octanol–water partition coefficient (Wildman–Crippen LogP) is 4.91. The molecule has 4 N–H and O–H groups in total. The number of aromatic nitrogens is 3. The number of H-pyrrole nitrogens is 1. The number of methoxy groups -OCH3 is 1. The minimum Gasteiger partial charge on any atom is -0.494 e. The maximum Gasteiger partial charge on any atom is 0.227 e. The summed E-state index contributed by atoms with van der Waals surface area (Å²) in [5.74, 6) is 0.989. The number of anilines is 3. The molecule has 5 rings (SSSR count). The van der Waals surface area contributed by atoms with E-state index in [2.05, 4.69) is 20.3 Å². The van der Waals surface area contributed by atoms with Crippen LogP contribution in [0.1, 0.15) is 6.42 Å². The van der Waals surface area contributed by atoms with Crippen molar-refractivity contribution in [3.63, 3.8) is 0 Å². The number of nitrogens with one attached hydrogen (secondary N) is 2. The first-order valence-corrected chi connectivity index (χ1v) is 11.1. The van der Waals surface area contributed by atoms with Crippen LogP contribution in [0.25, 0.3) is 22.2 Å². The van der Waals surface area contributed by atoms with E-state index in [4.69, 9.17) is 22.1 Å². The maximum atomic E-state index is 14.1. The molecule has 7 nitrogen and oxygen atoms in total. The Morgan fingerprint density at radius 1 is 1.27 bits per heavy atom. The Morgan fingerprint density at radius 2 is 2.12 bits per heavy atom. The molecule has 1 saturated heterocycles. The van der Waals surface area contributed by atoms with E-state index in [1.54, 1.807) is 13.3 Å². The van der Waals surface area contributed by atoms with E-state index in [0.717, 1.165) is 22.2 Å². The maximum absolute atomic E-state index is 14.1. The minimum atomic E-state index is -1.05. The molecule has 1 aliphatic heterocycles. The summed E-state index contributed by atoms with van der Waals surface area (Å²) in [5.41, 5.74) is 9.91. The highest BCUT2D eigenvalue weighted by Crippen LogP contribution is 2.35. The zero-order valence-corrected chi connectivity index (χ0v) is 18.8. The van der Waals surface area contributed by atoms with Crippen LogP contribution in [0.2, 0.25) is 5.02 Å². The third-order valence-electron chi connectivity index (χ3n) is 5.98. The number of benzene rings is 2. The molecule has 0 saturated carbocycles. The second-order valence-electron chi connectivity index (χ2n) is 8.06. The van der Waals surface area contributed by atoms with Gasteiger partial charge in [0, 0.05) is 47.0 Å². The van der Waals surface area contributed by atoms with Gasteiger partial charge in [0.2, 0.25) is 5.95 Å². The SMILES string of the molecule is COc1cc(N2CC[C@@H](N)[C@H](F)C2)ccc1Nc1ncc(Cl)c(-c2c[nH]c3ccccc23)n1. The molecule has 0 aliphatic carbocycles. The quantitative estimate of drug-likeness (QED) is 0.387. The van der Waals surface area contributed by atoms with Gasteiger partial charge in [-0.1, -0.05) is 29.8 Å². The van der Waals surface area contributed by atoms with Crippen LogP contribution < -0.4 is 20.7 Å². The number of piperidine rings is 1. The summed E-state index contributed by atoms with van der Waals surface area (Å²) >= 11 is 6.44. The van der Waals surface area contributed by atoms with Crippen molar-refractivity contribution < 1.29 is 9.13 Å². The standard InChI is InChI=1S/C24H24ClFN6O/c1-33-22-10-14(32-9-8-19(27)18(26)13-32)6-7-21(22)30-24-29-12-17(25)23(31-24)16-11-28-20-5-3-2-4-15(16)20/h2-7,10-12,18-19,28H,8-9,13,27H2,1H3,(H,29,30,31)/t18-,19-/m1/s1. The number of hydrogen-bond donors (Lipinski definition) is 3. The fourth-order valence-corrected chi connectivity index (χ4v) is 4.33. The van der Waals surface area contributed by atoms with Gasteiger partial charge < -0.3 is 25.7 Å². The fraction of sp³-hybridized carbons (Fsp3) is 0.250. The van der Waals surface area contributed by atoms with Crippen molar-refractivity contribution in [2.75, 3.05) is 30.4 Å². The number of hydrogen-bond acceptors (Lipinski definition) is 6. The topological polar surface area (TPSA) is 92.1 Å². The van der Waals surface area contributed by atoms with Gasteiger partial charge in [-0.15, -0.1) is 0 Å². The summed E-state index contributed by atoms with van der Waals surface area (Å²) in [5, 5.41) is 4.70. The number of rotatable bonds is 5. The number of nitrogens with two attached hydrogens (primary N) is 1. The molecule has 3 heterocycles. The van der Waals surface area contributed by atoms with Crippen LogP contribution in [-0.4, -0.2) is 47.4 Å². The third kappa shape index (κ3) is 4.19. The van der Waals surface area contributed by atoms with E-state index in [1.807, 2.05) is 53.6 Å². The molecular formula is C24H24ClFN6O. The van der Waals surface area contributed by atoms with E-state index >= 15 is 0 Å². The molecule has 2 aromatic heterocycles. The van der Waals surface area contributed by atoms with E-state index in [0.29, 0.717) is 41.1 Å². The predicted molar refractivity (Wildman–Crippen MR) is 130 cm³/mol. The lowest BCUT2D eigenvalue weighted by molar-refractivity contribution is 0.251. The van der Waals surface area contributed by atoms with Crippen LogP contribution in [0.15, 0.2) is 54.9 Å². The summed E-state index contributed by atoms with van der Waals surface area (Å²) in [7, 11) is 1.59. The number of aromatic amines is 1. The molecular weight excluding hydrogens is 443 g/mol. The van der Waals surface area contributed by atoms with Gasteiger partial charge in [-0.3, -0.25) is 0 Å². The van der Waals surface area contributed by atoms with Crippen molar-refractivity contribution in [3.8, 4) is 17.0 Å². The molecule has 2 aromatic carbocycles. The molecule has 4 aromatic rings. The Balaban J connectivity index is 1.43. The Labute approximate surface area is 195 Å². The first-order chi connectivity index (χ1) is 16.0. The second kappa shape index (κ2) is 8.88. The average Bonchev–Trinajstić information content (AvgIpc) is 3.26. The third-order valence-corrected chi connectivity index (χ3v) is 6.25. The van der Waals surface area contributed by atoms with E-state index in [9.17, 15) is 4.39 Å². The summed E-state index contributed by atoms with van der Waals surface area (Å²) in [6.07, 6.45) is 3.03. The Morgan fingerprint density at radius 3 is 2.94 bits per heavy atom. The normalized spacial score (nSPS) is 18.5. The van der Waals surface area contributed by atoms with Crippen molar-refractivity contribution in [2.45, 2.75) is 18.6 Å². The monoisotopic (exact) mass is 466 g/mol. The van der Waals surface area contributed by atoms with Gasteiger partial charge in [0.05, 0.1) is 36.3 Å². The second-order valence-corrected chi connectivity index (χ2v) is 8.47. The number of halogens is 2. The van der Waals surface area contributed by atoms with Crippen LogP contribution in [-0.2, 0) is 0 Å². The molecule has 170 valence electrons. The molecule has 33 heavy (non-hydrogen) atoms. The summed E-state index contributed by atoms with van der Waals surface area (Å²) in [4.78, 5) is 14.2. The summed E-state index contributed by atoms with van der Waals surface area (Å²) in [6, 6.07) is 13.2. The lowest BCUT2D eigenvalue weighted by Gasteiger charge is -2.34. The number of nitrogens with zero attached hydrogens (tertiary/aromatic N) is 3. The summed E-state index contributed by atoms with van der Waals surface area (Å²) in [6.45, 7) is 0.969. The van der Waals surface area contributed by atoms with Gasteiger partial charge in [0.25, 0.3) is 0 Å². The minimum absolute atomic E-state index is 0.269. The number of fused-ring (bicyclic) bond motifs is 1. The van der Waals surface area contributed by atoms with Gasteiger partial charge in [0.1, 0.15) is 11.9 Å². The molecule has 9 heteroatoms. The highest BCUT2D eigenvalue weighted by molar-refractivity contribution is 6.33. The zero-order valence-electron chi connectivity index (χ0n) is 18.1. The average molecular weight is 467 g/mol. The van der Waals surface area contributed by atoms with Gasteiger partial charge in [-0.25, -0.2) is 14.4 Å². The first-order valence-electron chi connectivity index (χ1n) is 10.7. The lowest BCUT2D eigenvalue weighted by Crippen LogP contribution is -2.48. The zero-order chi connectivity index (χ0) is 22.9. The fourth-order valence-electron chi connectivity index (χ4n) is 4.14.